The molecule has 0 spiro atoms. The Morgan fingerprint density at radius 2 is 2.25 bits per heavy atom. The number of sulfone groups is 1. The van der Waals surface area contributed by atoms with Crippen LogP contribution in [0.1, 0.15) is 16.9 Å². The fourth-order valence-corrected chi connectivity index (χ4v) is 3.81. The lowest BCUT2D eigenvalue weighted by Gasteiger charge is -2.21. The molecule has 1 aromatic rings. The first kappa shape index (κ1) is 14.4. The molecule has 1 N–H and O–H groups in total. The first-order valence-corrected chi connectivity index (χ1v) is 7.70. The predicted molar refractivity (Wildman–Crippen MR) is 66.8 cm³/mol. The van der Waals surface area contributed by atoms with Crippen LogP contribution in [0.5, 0.6) is 0 Å². The molecule has 1 atom stereocenters. The monoisotopic (exact) mass is 302 g/mol. The number of aliphatic carboxylic acids is 1. The van der Waals surface area contributed by atoms with Gasteiger partial charge in [0.2, 0.25) is 0 Å². The summed E-state index contributed by atoms with van der Waals surface area (Å²) in [7, 11) is -1.58. The number of amides is 1. The summed E-state index contributed by atoms with van der Waals surface area (Å²) in [5.74, 6) is -1.55. The standard InChI is InChI=1S/C10H14N4O5S/c1-13(7-2-3-20(18,19)6-7)10(17)8-4-14(12-11-8)5-9(15)16/h4,7H,2-3,5-6H2,1H3,(H,15,16). The quantitative estimate of drug-likeness (QED) is 0.727. The van der Waals surface area contributed by atoms with Gasteiger partial charge in [0.15, 0.2) is 15.5 Å². The number of aromatic nitrogens is 3. The lowest BCUT2D eigenvalue weighted by molar-refractivity contribution is -0.137. The predicted octanol–water partition coefficient (Wildman–Crippen LogP) is -1.38. The molecule has 0 aromatic carbocycles. The van der Waals surface area contributed by atoms with E-state index >= 15 is 0 Å². The van der Waals surface area contributed by atoms with Crippen molar-refractivity contribution in [2.24, 2.45) is 0 Å². The second kappa shape index (κ2) is 5.19. The Bertz CT molecular complexity index is 638. The van der Waals surface area contributed by atoms with Crippen LogP contribution in [0.2, 0.25) is 0 Å². The Morgan fingerprint density at radius 3 is 2.80 bits per heavy atom. The number of carbonyl (C=O) groups excluding carboxylic acids is 1. The zero-order chi connectivity index (χ0) is 14.9. The van der Waals surface area contributed by atoms with Crippen LogP contribution in [0, 0.1) is 0 Å². The summed E-state index contributed by atoms with van der Waals surface area (Å²) in [6.45, 7) is -0.387. The number of nitrogens with zero attached hydrogens (tertiary/aromatic N) is 4. The number of hydrogen-bond acceptors (Lipinski definition) is 6. The lowest BCUT2D eigenvalue weighted by atomic mass is 10.2. The van der Waals surface area contributed by atoms with E-state index in [0.717, 1.165) is 4.68 Å². The topological polar surface area (TPSA) is 122 Å². The van der Waals surface area contributed by atoms with Gasteiger partial charge < -0.3 is 10.0 Å². The molecule has 1 saturated heterocycles. The Hall–Kier alpha value is -1.97. The van der Waals surface area contributed by atoms with Gasteiger partial charge in [0.1, 0.15) is 6.54 Å². The van der Waals surface area contributed by atoms with Crippen LogP contribution in [0.15, 0.2) is 6.20 Å². The molecule has 1 fully saturated rings. The Balaban J connectivity index is 2.07. The molecule has 2 rings (SSSR count). The second-order valence-corrected chi connectivity index (χ2v) is 6.90. The van der Waals surface area contributed by atoms with Crippen LogP contribution < -0.4 is 0 Å². The van der Waals surface area contributed by atoms with Gasteiger partial charge >= 0.3 is 5.97 Å². The van der Waals surface area contributed by atoms with Crippen molar-refractivity contribution in [3.63, 3.8) is 0 Å². The van der Waals surface area contributed by atoms with Crippen LogP contribution in [0.3, 0.4) is 0 Å². The SMILES string of the molecule is CN(C(=O)c1cn(CC(=O)O)nn1)C1CCS(=O)(=O)C1. The van der Waals surface area contributed by atoms with Gasteiger partial charge in [-0.15, -0.1) is 5.10 Å². The molecular formula is C10H14N4O5S. The van der Waals surface area contributed by atoms with E-state index in [-0.39, 0.29) is 29.8 Å². The van der Waals surface area contributed by atoms with Gasteiger partial charge in [-0.25, -0.2) is 13.1 Å². The summed E-state index contributed by atoms with van der Waals surface area (Å²) in [6, 6.07) is -0.378. The van der Waals surface area contributed by atoms with Gasteiger partial charge in [-0.05, 0) is 6.42 Å². The second-order valence-electron chi connectivity index (χ2n) is 4.67. The first-order chi connectivity index (χ1) is 9.28. The maximum atomic E-state index is 12.1. The van der Waals surface area contributed by atoms with Crippen LogP contribution in [0.4, 0.5) is 0 Å². The van der Waals surface area contributed by atoms with Gasteiger partial charge in [-0.1, -0.05) is 5.21 Å². The van der Waals surface area contributed by atoms with E-state index in [2.05, 4.69) is 10.3 Å². The van der Waals surface area contributed by atoms with Crippen LogP contribution in [-0.4, -0.2) is 69.9 Å². The molecule has 10 heteroatoms. The normalized spacial score (nSPS) is 20.8. The Kier molecular flexibility index (Phi) is 3.75. The molecule has 1 amide bonds. The maximum absolute atomic E-state index is 12.1. The number of carboxylic acid groups (broad SMARTS) is 1. The average Bonchev–Trinajstić information content (AvgIpc) is 2.93. The molecule has 0 radical (unpaired) electrons. The smallest absolute Gasteiger partial charge is 0.325 e. The molecule has 1 aliphatic rings. The Labute approximate surface area is 115 Å². The highest BCUT2D eigenvalue weighted by Crippen LogP contribution is 2.17. The van der Waals surface area contributed by atoms with Gasteiger partial charge in [0, 0.05) is 13.1 Å². The molecule has 9 nitrogen and oxygen atoms in total. The number of hydrogen-bond donors (Lipinski definition) is 1. The molecule has 0 saturated carbocycles. The van der Waals surface area contributed by atoms with Crippen molar-refractivity contribution in [3.05, 3.63) is 11.9 Å². The first-order valence-electron chi connectivity index (χ1n) is 5.88. The van der Waals surface area contributed by atoms with Crippen molar-refractivity contribution in [1.82, 2.24) is 19.9 Å². The van der Waals surface area contributed by atoms with Crippen molar-refractivity contribution < 1.29 is 23.1 Å². The van der Waals surface area contributed by atoms with Gasteiger partial charge in [0.25, 0.3) is 5.91 Å². The van der Waals surface area contributed by atoms with Crippen molar-refractivity contribution in [3.8, 4) is 0 Å². The highest BCUT2D eigenvalue weighted by molar-refractivity contribution is 7.91. The molecule has 20 heavy (non-hydrogen) atoms. The highest BCUT2D eigenvalue weighted by atomic mass is 32.2. The summed E-state index contributed by atoms with van der Waals surface area (Å²) in [6.07, 6.45) is 1.63. The van der Waals surface area contributed by atoms with E-state index in [9.17, 15) is 18.0 Å². The summed E-state index contributed by atoms with van der Waals surface area (Å²) < 4.78 is 23.8. The van der Waals surface area contributed by atoms with Crippen molar-refractivity contribution in [2.75, 3.05) is 18.6 Å². The molecule has 2 heterocycles. The van der Waals surface area contributed by atoms with E-state index in [1.165, 1.54) is 18.1 Å². The van der Waals surface area contributed by atoms with Crippen LogP contribution in [0.25, 0.3) is 0 Å². The number of rotatable bonds is 4. The van der Waals surface area contributed by atoms with Gasteiger partial charge in [-0.2, -0.15) is 0 Å². The fraction of sp³-hybridized carbons (Fsp3) is 0.600. The van der Waals surface area contributed by atoms with Crippen molar-refractivity contribution in [1.29, 1.82) is 0 Å². The molecule has 1 aromatic heterocycles. The van der Waals surface area contributed by atoms with E-state index in [1.54, 1.807) is 0 Å². The third-order valence-corrected chi connectivity index (χ3v) is 4.88. The summed E-state index contributed by atoms with van der Waals surface area (Å²) in [5.41, 5.74) is -0.00181. The van der Waals surface area contributed by atoms with Crippen LogP contribution >= 0.6 is 0 Å². The van der Waals surface area contributed by atoms with Crippen LogP contribution in [-0.2, 0) is 21.2 Å². The molecule has 1 unspecified atom stereocenters. The van der Waals surface area contributed by atoms with Crippen molar-refractivity contribution in [2.45, 2.75) is 19.0 Å². The van der Waals surface area contributed by atoms with Crippen molar-refractivity contribution >= 4 is 21.7 Å². The molecule has 0 aliphatic carbocycles. The molecule has 110 valence electrons. The van der Waals surface area contributed by atoms with E-state index in [1.807, 2.05) is 0 Å². The van der Waals surface area contributed by atoms with E-state index in [0.29, 0.717) is 6.42 Å². The summed E-state index contributed by atoms with van der Waals surface area (Å²) >= 11 is 0. The third-order valence-electron chi connectivity index (χ3n) is 3.13. The third kappa shape index (κ3) is 3.13. The van der Waals surface area contributed by atoms with Gasteiger partial charge in [0.05, 0.1) is 17.7 Å². The minimum absolute atomic E-state index is 0.00181. The zero-order valence-corrected chi connectivity index (χ0v) is 11.6. The summed E-state index contributed by atoms with van der Waals surface area (Å²) in [5, 5.41) is 15.7. The number of carbonyl (C=O) groups is 2. The number of carboxylic acids is 1. The van der Waals surface area contributed by atoms with E-state index < -0.39 is 21.7 Å². The zero-order valence-electron chi connectivity index (χ0n) is 10.8. The van der Waals surface area contributed by atoms with E-state index in [4.69, 9.17) is 5.11 Å². The Morgan fingerprint density at radius 1 is 1.55 bits per heavy atom. The largest absolute Gasteiger partial charge is 0.480 e. The fourth-order valence-electron chi connectivity index (χ4n) is 2.04. The minimum Gasteiger partial charge on any atom is -0.480 e. The summed E-state index contributed by atoms with van der Waals surface area (Å²) in [4.78, 5) is 23.9. The minimum atomic E-state index is -3.08. The molecular weight excluding hydrogens is 288 g/mol. The molecule has 0 bridgehead atoms. The molecule has 1 aliphatic heterocycles. The lowest BCUT2D eigenvalue weighted by Crippen LogP contribution is -2.38. The highest BCUT2D eigenvalue weighted by Gasteiger charge is 2.33. The van der Waals surface area contributed by atoms with Gasteiger partial charge in [-0.3, -0.25) is 9.59 Å². The average molecular weight is 302 g/mol. The maximum Gasteiger partial charge on any atom is 0.325 e.